The highest BCUT2D eigenvalue weighted by Crippen LogP contribution is 2.30. The number of nitrogens with one attached hydrogen (secondary N) is 1. The van der Waals surface area contributed by atoms with Gasteiger partial charge in [-0.1, -0.05) is 6.07 Å². The Kier molecular flexibility index (Phi) is 5.91. The average Bonchev–Trinajstić information content (AvgIpc) is 2.73. The molecule has 1 N–H and O–H groups in total. The maximum absolute atomic E-state index is 12.9. The van der Waals surface area contributed by atoms with Gasteiger partial charge in [-0.15, -0.1) is 0 Å². The average molecular weight is 417 g/mol. The number of hydrogen-bond acceptors (Lipinski definition) is 4. The number of halogens is 3. The molecule has 1 atom stereocenters. The lowest BCUT2D eigenvalue weighted by atomic mass is 10.1. The maximum atomic E-state index is 12.9. The molecule has 0 saturated heterocycles. The van der Waals surface area contributed by atoms with Crippen LogP contribution in [0.1, 0.15) is 18.5 Å². The zero-order valence-electron chi connectivity index (χ0n) is 16.1. The van der Waals surface area contributed by atoms with Crippen LogP contribution in [0.3, 0.4) is 0 Å². The lowest BCUT2D eigenvalue weighted by Crippen LogP contribution is -2.33. The molecule has 0 aliphatic heterocycles. The van der Waals surface area contributed by atoms with Crippen LogP contribution in [-0.4, -0.2) is 22.8 Å². The monoisotopic (exact) mass is 417 g/mol. The summed E-state index contributed by atoms with van der Waals surface area (Å²) < 4.78 is 44.7. The summed E-state index contributed by atoms with van der Waals surface area (Å²) in [5, 5.41) is 6.64. The van der Waals surface area contributed by atoms with Crippen LogP contribution in [0.5, 0.6) is 5.75 Å². The summed E-state index contributed by atoms with van der Waals surface area (Å²) in [7, 11) is 1.54. The second-order valence-corrected chi connectivity index (χ2v) is 6.47. The van der Waals surface area contributed by atoms with E-state index in [1.54, 1.807) is 24.3 Å². The van der Waals surface area contributed by atoms with Crippen LogP contribution in [0.15, 0.2) is 65.5 Å². The first-order valence-electron chi connectivity index (χ1n) is 8.91. The quantitative estimate of drug-likeness (QED) is 0.677. The number of amides is 1. The van der Waals surface area contributed by atoms with E-state index in [1.165, 1.54) is 38.3 Å². The summed E-state index contributed by atoms with van der Waals surface area (Å²) in [6.45, 7) is 1.44. The Morgan fingerprint density at radius 1 is 1.10 bits per heavy atom. The second-order valence-electron chi connectivity index (χ2n) is 6.47. The molecule has 0 aliphatic rings. The number of ether oxygens (including phenoxy) is 1. The van der Waals surface area contributed by atoms with E-state index in [4.69, 9.17) is 4.74 Å². The van der Waals surface area contributed by atoms with Gasteiger partial charge in [0.15, 0.2) is 0 Å². The number of methoxy groups -OCH3 is 1. The highest BCUT2D eigenvalue weighted by atomic mass is 19.4. The number of carbonyl (C=O) groups is 1. The number of anilines is 1. The first kappa shape index (κ1) is 21.1. The first-order chi connectivity index (χ1) is 14.2. The third-order valence-corrected chi connectivity index (χ3v) is 4.41. The molecule has 1 aromatic heterocycles. The molecule has 9 heteroatoms. The Morgan fingerprint density at radius 2 is 1.80 bits per heavy atom. The van der Waals surface area contributed by atoms with Crippen molar-refractivity contribution in [1.29, 1.82) is 0 Å². The Balaban J connectivity index is 1.84. The van der Waals surface area contributed by atoms with E-state index in [0.29, 0.717) is 17.0 Å². The van der Waals surface area contributed by atoms with Gasteiger partial charge in [0, 0.05) is 17.3 Å². The molecule has 0 aliphatic carbocycles. The zero-order chi connectivity index (χ0) is 21.9. The SMILES string of the molecule is COc1ccc(-c2ccc(=O)n(C(C)C(=O)Nc3cccc(C(F)(F)F)c3)n2)cc1. The molecule has 3 aromatic rings. The number of rotatable bonds is 5. The van der Waals surface area contributed by atoms with Gasteiger partial charge in [-0.25, -0.2) is 4.68 Å². The van der Waals surface area contributed by atoms with E-state index in [1.807, 2.05) is 0 Å². The van der Waals surface area contributed by atoms with Gasteiger partial charge in [0.1, 0.15) is 11.8 Å². The summed E-state index contributed by atoms with van der Waals surface area (Å²) in [6.07, 6.45) is -4.53. The van der Waals surface area contributed by atoms with Crippen molar-refractivity contribution in [1.82, 2.24) is 9.78 Å². The zero-order valence-corrected chi connectivity index (χ0v) is 16.1. The summed E-state index contributed by atoms with van der Waals surface area (Å²) in [4.78, 5) is 24.8. The van der Waals surface area contributed by atoms with E-state index in [-0.39, 0.29) is 5.69 Å². The fourth-order valence-corrected chi connectivity index (χ4v) is 2.75. The van der Waals surface area contributed by atoms with E-state index in [9.17, 15) is 22.8 Å². The number of nitrogens with zero attached hydrogens (tertiary/aromatic N) is 2. The number of hydrogen-bond donors (Lipinski definition) is 1. The summed E-state index contributed by atoms with van der Waals surface area (Å²) >= 11 is 0. The lowest BCUT2D eigenvalue weighted by Gasteiger charge is -2.16. The summed E-state index contributed by atoms with van der Waals surface area (Å²) in [5.41, 5.74) is -0.268. The van der Waals surface area contributed by atoms with Crippen LogP contribution >= 0.6 is 0 Å². The molecule has 1 unspecified atom stereocenters. The van der Waals surface area contributed by atoms with E-state index in [2.05, 4.69) is 10.4 Å². The Hall–Kier alpha value is -3.62. The molecule has 2 aromatic carbocycles. The van der Waals surface area contributed by atoms with E-state index >= 15 is 0 Å². The van der Waals surface area contributed by atoms with Crippen molar-refractivity contribution in [3.8, 4) is 17.0 Å². The molecule has 3 rings (SSSR count). The molecule has 156 valence electrons. The molecule has 6 nitrogen and oxygen atoms in total. The summed E-state index contributed by atoms with van der Waals surface area (Å²) in [6, 6.07) is 13.0. The third kappa shape index (κ3) is 4.68. The molecule has 30 heavy (non-hydrogen) atoms. The molecule has 0 bridgehead atoms. The Bertz CT molecular complexity index is 1110. The maximum Gasteiger partial charge on any atom is 0.416 e. The standard InChI is InChI=1S/C21H18F3N3O3/c1-13(20(29)25-16-5-3-4-15(12-16)21(22,23)24)27-19(28)11-10-18(26-27)14-6-8-17(30-2)9-7-14/h3-13H,1-2H3,(H,25,29). The minimum absolute atomic E-state index is 0.0268. The van der Waals surface area contributed by atoms with Crippen LogP contribution in [0, 0.1) is 0 Å². The molecule has 1 amide bonds. The van der Waals surface area contributed by atoms with E-state index in [0.717, 1.165) is 16.8 Å². The van der Waals surface area contributed by atoms with Crippen molar-refractivity contribution in [3.63, 3.8) is 0 Å². The molecular formula is C21H18F3N3O3. The molecule has 0 spiro atoms. The molecular weight excluding hydrogens is 399 g/mol. The fraction of sp³-hybridized carbons (Fsp3) is 0.190. The van der Waals surface area contributed by atoms with Crippen molar-refractivity contribution in [3.05, 3.63) is 76.6 Å². The first-order valence-corrected chi connectivity index (χ1v) is 8.91. The van der Waals surface area contributed by atoms with Gasteiger partial charge in [0.05, 0.1) is 18.4 Å². The van der Waals surface area contributed by atoms with E-state index < -0.39 is 29.2 Å². The van der Waals surface area contributed by atoms with Gasteiger partial charge in [-0.3, -0.25) is 9.59 Å². The minimum atomic E-state index is -4.53. The van der Waals surface area contributed by atoms with Crippen molar-refractivity contribution >= 4 is 11.6 Å². The highest BCUT2D eigenvalue weighted by molar-refractivity contribution is 5.93. The second kappa shape index (κ2) is 8.40. The number of aromatic nitrogens is 2. The highest BCUT2D eigenvalue weighted by Gasteiger charge is 2.30. The normalized spacial score (nSPS) is 12.3. The minimum Gasteiger partial charge on any atom is -0.497 e. The van der Waals surface area contributed by atoms with Gasteiger partial charge < -0.3 is 10.1 Å². The summed E-state index contributed by atoms with van der Waals surface area (Å²) in [5.74, 6) is -0.0169. The van der Waals surface area contributed by atoms with Crippen molar-refractivity contribution in [2.75, 3.05) is 12.4 Å². The predicted molar refractivity (Wildman–Crippen MR) is 105 cm³/mol. The third-order valence-electron chi connectivity index (χ3n) is 4.41. The molecule has 0 fully saturated rings. The van der Waals surface area contributed by atoms with Crippen LogP contribution in [-0.2, 0) is 11.0 Å². The van der Waals surface area contributed by atoms with Crippen LogP contribution in [0.4, 0.5) is 18.9 Å². The molecule has 1 heterocycles. The molecule has 0 saturated carbocycles. The smallest absolute Gasteiger partial charge is 0.416 e. The van der Waals surface area contributed by atoms with Crippen molar-refractivity contribution in [2.45, 2.75) is 19.1 Å². The van der Waals surface area contributed by atoms with Gasteiger partial charge in [0.25, 0.3) is 5.56 Å². The van der Waals surface area contributed by atoms with Gasteiger partial charge in [-0.05, 0) is 55.5 Å². The fourth-order valence-electron chi connectivity index (χ4n) is 2.75. The van der Waals surface area contributed by atoms with Gasteiger partial charge >= 0.3 is 6.18 Å². The number of carbonyl (C=O) groups excluding carboxylic acids is 1. The van der Waals surface area contributed by atoms with Crippen LogP contribution in [0.25, 0.3) is 11.3 Å². The van der Waals surface area contributed by atoms with Gasteiger partial charge in [-0.2, -0.15) is 18.3 Å². The van der Waals surface area contributed by atoms with Gasteiger partial charge in [0.2, 0.25) is 5.91 Å². The Labute approximate surface area is 169 Å². The van der Waals surface area contributed by atoms with Crippen LogP contribution < -0.4 is 15.6 Å². The predicted octanol–water partition coefficient (Wildman–Crippen LogP) is 4.14. The molecule has 0 radical (unpaired) electrons. The van der Waals surface area contributed by atoms with Crippen molar-refractivity contribution in [2.24, 2.45) is 0 Å². The topological polar surface area (TPSA) is 73.2 Å². The van der Waals surface area contributed by atoms with Crippen molar-refractivity contribution < 1.29 is 22.7 Å². The van der Waals surface area contributed by atoms with Crippen LogP contribution in [0.2, 0.25) is 0 Å². The largest absolute Gasteiger partial charge is 0.497 e. The number of benzene rings is 2. The number of alkyl halides is 3. The Morgan fingerprint density at radius 3 is 2.43 bits per heavy atom. The lowest BCUT2D eigenvalue weighted by molar-refractivity contribution is -0.137.